The molecule has 1 N–H and O–H groups in total. The molecule has 1 atom stereocenters. The van der Waals surface area contributed by atoms with E-state index in [9.17, 15) is 10.1 Å². The van der Waals surface area contributed by atoms with Gasteiger partial charge in [-0.25, -0.2) is 0 Å². The first-order valence-corrected chi connectivity index (χ1v) is 7.03. The van der Waals surface area contributed by atoms with Crippen LogP contribution in [0.5, 0.6) is 0 Å². The Kier molecular flexibility index (Phi) is 4.34. The third-order valence-corrected chi connectivity index (χ3v) is 3.92. The Bertz CT molecular complexity index is 562. The summed E-state index contributed by atoms with van der Waals surface area (Å²) in [6, 6.07) is 5.00. The summed E-state index contributed by atoms with van der Waals surface area (Å²) in [6.45, 7) is 4.94. The molecule has 1 unspecified atom stereocenters. The molecule has 102 valence electrons. The number of nitrogens with one attached hydrogen (secondary N) is 1. The first-order chi connectivity index (χ1) is 9.13. The molecular weight excluding hydrogens is 264 g/mol. The summed E-state index contributed by atoms with van der Waals surface area (Å²) < 4.78 is 5.33. The minimum Gasteiger partial charge on any atom is -0.404 e. The minimum atomic E-state index is -0.512. The standard InChI is InChI=1S/C13H16N2O3S/c1-3-7-14-12(13-9(2)6-8-19-13)10-4-5-11(18-10)15(16)17/h4-6,8,12,14H,3,7H2,1-2H3. The highest BCUT2D eigenvalue weighted by molar-refractivity contribution is 7.10. The Labute approximate surface area is 115 Å². The highest BCUT2D eigenvalue weighted by Gasteiger charge is 2.23. The van der Waals surface area contributed by atoms with E-state index < -0.39 is 4.92 Å². The molecule has 0 amide bonds. The van der Waals surface area contributed by atoms with Gasteiger partial charge in [-0.2, -0.15) is 0 Å². The molecule has 19 heavy (non-hydrogen) atoms. The van der Waals surface area contributed by atoms with Crippen LogP contribution in [0.1, 0.15) is 35.6 Å². The van der Waals surface area contributed by atoms with E-state index in [1.807, 2.05) is 18.4 Å². The van der Waals surface area contributed by atoms with Gasteiger partial charge in [0.1, 0.15) is 16.7 Å². The normalized spacial score (nSPS) is 12.5. The van der Waals surface area contributed by atoms with Crippen molar-refractivity contribution in [2.75, 3.05) is 6.54 Å². The highest BCUT2D eigenvalue weighted by atomic mass is 32.1. The summed E-state index contributed by atoms with van der Waals surface area (Å²) in [5.41, 5.74) is 1.16. The second kappa shape index (κ2) is 5.99. The zero-order chi connectivity index (χ0) is 13.8. The fourth-order valence-electron chi connectivity index (χ4n) is 1.89. The van der Waals surface area contributed by atoms with Gasteiger partial charge in [-0.05, 0) is 43.0 Å². The van der Waals surface area contributed by atoms with E-state index >= 15 is 0 Å². The summed E-state index contributed by atoms with van der Waals surface area (Å²) in [6.07, 6.45) is 0.990. The molecule has 0 aliphatic heterocycles. The van der Waals surface area contributed by atoms with Crippen LogP contribution in [0.15, 0.2) is 28.0 Å². The molecule has 6 heteroatoms. The van der Waals surface area contributed by atoms with Crippen molar-refractivity contribution in [2.24, 2.45) is 0 Å². The summed E-state index contributed by atoms with van der Waals surface area (Å²) in [5.74, 6) is 0.373. The minimum absolute atomic E-state index is 0.117. The highest BCUT2D eigenvalue weighted by Crippen LogP contribution is 2.32. The lowest BCUT2D eigenvalue weighted by Crippen LogP contribution is -2.22. The molecule has 0 saturated heterocycles. The number of hydrogen-bond acceptors (Lipinski definition) is 5. The second-order valence-corrected chi connectivity index (χ2v) is 5.24. The van der Waals surface area contributed by atoms with Crippen LogP contribution in [0.4, 0.5) is 5.88 Å². The van der Waals surface area contributed by atoms with Gasteiger partial charge in [0, 0.05) is 4.88 Å². The molecule has 0 radical (unpaired) electrons. The van der Waals surface area contributed by atoms with E-state index in [-0.39, 0.29) is 11.9 Å². The van der Waals surface area contributed by atoms with Gasteiger partial charge in [0.25, 0.3) is 0 Å². The molecule has 2 aromatic heterocycles. The molecule has 0 bridgehead atoms. The first kappa shape index (κ1) is 13.8. The average molecular weight is 280 g/mol. The molecule has 0 spiro atoms. The van der Waals surface area contributed by atoms with E-state index in [1.165, 1.54) is 6.07 Å². The van der Waals surface area contributed by atoms with Gasteiger partial charge < -0.3 is 9.73 Å². The van der Waals surface area contributed by atoms with E-state index in [4.69, 9.17) is 4.42 Å². The van der Waals surface area contributed by atoms with Crippen molar-refractivity contribution in [3.63, 3.8) is 0 Å². The molecule has 0 fully saturated rings. The maximum absolute atomic E-state index is 10.7. The zero-order valence-corrected chi connectivity index (χ0v) is 11.7. The third kappa shape index (κ3) is 3.02. The smallest absolute Gasteiger partial charge is 0.404 e. The summed E-state index contributed by atoms with van der Waals surface area (Å²) in [5, 5.41) is 16.1. The number of thiophene rings is 1. The Hall–Kier alpha value is -1.66. The van der Waals surface area contributed by atoms with E-state index in [1.54, 1.807) is 17.4 Å². The predicted molar refractivity (Wildman–Crippen MR) is 74.6 cm³/mol. The maximum Gasteiger partial charge on any atom is 0.433 e. The summed E-state index contributed by atoms with van der Waals surface area (Å²) in [7, 11) is 0. The van der Waals surface area contributed by atoms with Gasteiger partial charge in [0.15, 0.2) is 0 Å². The van der Waals surface area contributed by atoms with Crippen molar-refractivity contribution in [1.82, 2.24) is 5.32 Å². The first-order valence-electron chi connectivity index (χ1n) is 6.15. The lowest BCUT2D eigenvalue weighted by atomic mass is 10.1. The van der Waals surface area contributed by atoms with Crippen molar-refractivity contribution in [2.45, 2.75) is 26.3 Å². The van der Waals surface area contributed by atoms with E-state index in [2.05, 4.69) is 12.2 Å². The molecule has 0 aromatic carbocycles. The van der Waals surface area contributed by atoms with Crippen molar-refractivity contribution >= 4 is 17.2 Å². The quantitative estimate of drug-likeness (QED) is 0.648. The zero-order valence-electron chi connectivity index (χ0n) is 10.9. The van der Waals surface area contributed by atoms with Crippen LogP contribution in [0, 0.1) is 17.0 Å². The Morgan fingerprint density at radius 3 is 2.79 bits per heavy atom. The largest absolute Gasteiger partial charge is 0.433 e. The molecule has 2 aromatic rings. The summed E-state index contributed by atoms with van der Waals surface area (Å²) in [4.78, 5) is 11.3. The number of furan rings is 1. The number of nitrogens with zero attached hydrogens (tertiary/aromatic N) is 1. The maximum atomic E-state index is 10.7. The van der Waals surface area contributed by atoms with Gasteiger partial charge in [0.2, 0.25) is 0 Å². The topological polar surface area (TPSA) is 68.3 Å². The fourth-order valence-corrected chi connectivity index (χ4v) is 2.90. The Morgan fingerprint density at radius 1 is 1.47 bits per heavy atom. The summed E-state index contributed by atoms with van der Waals surface area (Å²) >= 11 is 1.63. The van der Waals surface area contributed by atoms with Crippen LogP contribution in [-0.2, 0) is 0 Å². The van der Waals surface area contributed by atoms with Crippen molar-refractivity contribution in [3.8, 4) is 0 Å². The Balaban J connectivity index is 2.31. The molecule has 2 rings (SSSR count). The fraction of sp³-hybridized carbons (Fsp3) is 0.385. The molecular formula is C13H16N2O3S. The number of rotatable bonds is 6. The number of hydrogen-bond donors (Lipinski definition) is 1. The molecule has 0 aliphatic carbocycles. The predicted octanol–water partition coefficient (Wildman–Crippen LogP) is 3.65. The van der Waals surface area contributed by atoms with Gasteiger partial charge in [-0.15, -0.1) is 11.3 Å². The number of nitro groups is 1. The van der Waals surface area contributed by atoms with Crippen LogP contribution < -0.4 is 5.32 Å². The van der Waals surface area contributed by atoms with Gasteiger partial charge >= 0.3 is 5.88 Å². The van der Waals surface area contributed by atoms with Crippen LogP contribution in [0.3, 0.4) is 0 Å². The van der Waals surface area contributed by atoms with Crippen LogP contribution in [0.25, 0.3) is 0 Å². The lowest BCUT2D eigenvalue weighted by Gasteiger charge is -2.15. The van der Waals surface area contributed by atoms with Gasteiger partial charge in [-0.3, -0.25) is 10.1 Å². The second-order valence-electron chi connectivity index (χ2n) is 4.29. The average Bonchev–Trinajstić information content (AvgIpc) is 3.00. The van der Waals surface area contributed by atoms with Gasteiger partial charge in [-0.1, -0.05) is 6.92 Å². The molecule has 2 heterocycles. The van der Waals surface area contributed by atoms with E-state index in [0.717, 1.165) is 23.4 Å². The van der Waals surface area contributed by atoms with Crippen molar-refractivity contribution in [3.05, 3.63) is 49.9 Å². The van der Waals surface area contributed by atoms with Crippen molar-refractivity contribution in [1.29, 1.82) is 0 Å². The van der Waals surface area contributed by atoms with Crippen LogP contribution >= 0.6 is 11.3 Å². The third-order valence-electron chi connectivity index (χ3n) is 2.84. The lowest BCUT2D eigenvalue weighted by molar-refractivity contribution is -0.402. The Morgan fingerprint density at radius 2 is 2.26 bits per heavy atom. The SMILES string of the molecule is CCCNC(c1ccc([N+](=O)[O-])o1)c1sccc1C. The monoisotopic (exact) mass is 280 g/mol. The van der Waals surface area contributed by atoms with Crippen LogP contribution in [0.2, 0.25) is 0 Å². The molecule has 5 nitrogen and oxygen atoms in total. The van der Waals surface area contributed by atoms with Crippen molar-refractivity contribution < 1.29 is 9.34 Å². The van der Waals surface area contributed by atoms with Gasteiger partial charge in [0.05, 0.1) is 6.07 Å². The van der Waals surface area contributed by atoms with E-state index in [0.29, 0.717) is 5.76 Å². The molecule has 0 saturated carbocycles. The molecule has 0 aliphatic rings. The van der Waals surface area contributed by atoms with Crippen LogP contribution in [-0.4, -0.2) is 11.5 Å². The number of aryl methyl sites for hydroxylation is 1.